The summed E-state index contributed by atoms with van der Waals surface area (Å²) < 4.78 is 7.30. The van der Waals surface area contributed by atoms with Crippen molar-refractivity contribution in [1.29, 1.82) is 0 Å². The van der Waals surface area contributed by atoms with Crippen LogP contribution in [0.4, 0.5) is 0 Å². The minimum atomic E-state index is -0.510. The number of halogens is 1. The fourth-order valence-corrected chi connectivity index (χ4v) is 2.69. The molecule has 0 saturated heterocycles. The third kappa shape index (κ3) is 2.96. The SMILES string of the molecule is NC(=O)c1ccc(Oc2ccc3nnc(Cl)n3n2)c(-c2ccccc2)c1. The van der Waals surface area contributed by atoms with Crippen molar-refractivity contribution in [3.05, 3.63) is 71.5 Å². The van der Waals surface area contributed by atoms with Gasteiger partial charge in [0.25, 0.3) is 0 Å². The molecule has 0 aliphatic carbocycles. The standard InChI is InChI=1S/C18H12ClN5O2/c19-18-22-21-15-8-9-16(23-24(15)18)26-14-7-6-12(17(20)25)10-13(14)11-4-2-1-3-5-11/h1-10H,(H2,20,25). The normalized spacial score (nSPS) is 10.8. The highest BCUT2D eigenvalue weighted by Gasteiger charge is 2.13. The molecule has 0 aliphatic heterocycles. The Bertz CT molecular complexity index is 1110. The second kappa shape index (κ2) is 6.45. The second-order valence-electron chi connectivity index (χ2n) is 5.45. The van der Waals surface area contributed by atoms with Gasteiger partial charge in [0.1, 0.15) is 5.75 Å². The number of hydrogen-bond acceptors (Lipinski definition) is 5. The van der Waals surface area contributed by atoms with Crippen molar-refractivity contribution in [3.8, 4) is 22.8 Å². The summed E-state index contributed by atoms with van der Waals surface area (Å²) in [5.41, 5.74) is 7.91. The van der Waals surface area contributed by atoms with E-state index in [0.29, 0.717) is 22.8 Å². The molecule has 0 bridgehead atoms. The Hall–Kier alpha value is -3.45. The maximum atomic E-state index is 11.5. The fourth-order valence-electron chi connectivity index (χ4n) is 2.53. The van der Waals surface area contributed by atoms with Gasteiger partial charge >= 0.3 is 0 Å². The molecule has 26 heavy (non-hydrogen) atoms. The van der Waals surface area contributed by atoms with Crippen LogP contribution >= 0.6 is 11.6 Å². The summed E-state index contributed by atoms with van der Waals surface area (Å²) in [6, 6.07) is 17.9. The van der Waals surface area contributed by atoms with Crippen molar-refractivity contribution < 1.29 is 9.53 Å². The number of nitrogens with zero attached hydrogens (tertiary/aromatic N) is 4. The molecule has 0 atom stereocenters. The fraction of sp³-hybridized carbons (Fsp3) is 0. The van der Waals surface area contributed by atoms with Crippen LogP contribution in [0.2, 0.25) is 5.28 Å². The van der Waals surface area contributed by atoms with Crippen LogP contribution < -0.4 is 10.5 Å². The molecule has 4 aromatic rings. The molecule has 0 saturated carbocycles. The van der Waals surface area contributed by atoms with E-state index in [1.54, 1.807) is 30.3 Å². The highest BCUT2D eigenvalue weighted by atomic mass is 35.5. The van der Waals surface area contributed by atoms with Crippen molar-refractivity contribution in [1.82, 2.24) is 19.8 Å². The predicted molar refractivity (Wildman–Crippen MR) is 96.3 cm³/mol. The van der Waals surface area contributed by atoms with E-state index in [4.69, 9.17) is 22.1 Å². The molecule has 128 valence electrons. The van der Waals surface area contributed by atoms with Crippen LogP contribution in [0.5, 0.6) is 11.6 Å². The lowest BCUT2D eigenvalue weighted by atomic mass is 10.0. The molecule has 0 spiro atoms. The molecule has 8 heteroatoms. The lowest BCUT2D eigenvalue weighted by Crippen LogP contribution is -2.11. The lowest BCUT2D eigenvalue weighted by molar-refractivity contribution is 0.100. The van der Waals surface area contributed by atoms with Gasteiger partial charge in [0.2, 0.25) is 17.1 Å². The number of aromatic nitrogens is 4. The summed E-state index contributed by atoms with van der Waals surface area (Å²) >= 11 is 5.95. The Labute approximate surface area is 153 Å². The minimum Gasteiger partial charge on any atom is -0.437 e. The zero-order valence-electron chi connectivity index (χ0n) is 13.3. The second-order valence-corrected chi connectivity index (χ2v) is 5.79. The van der Waals surface area contributed by atoms with Crippen molar-refractivity contribution in [3.63, 3.8) is 0 Å². The van der Waals surface area contributed by atoms with Gasteiger partial charge in [-0.25, -0.2) is 0 Å². The number of amides is 1. The van der Waals surface area contributed by atoms with Crippen molar-refractivity contribution in [2.75, 3.05) is 0 Å². The molecular formula is C18H12ClN5O2. The van der Waals surface area contributed by atoms with Gasteiger partial charge in [-0.3, -0.25) is 4.79 Å². The number of hydrogen-bond donors (Lipinski definition) is 1. The van der Waals surface area contributed by atoms with E-state index in [9.17, 15) is 4.79 Å². The van der Waals surface area contributed by atoms with Gasteiger partial charge in [0.15, 0.2) is 5.65 Å². The van der Waals surface area contributed by atoms with Crippen molar-refractivity contribution in [2.45, 2.75) is 0 Å². The van der Waals surface area contributed by atoms with Crippen molar-refractivity contribution >= 4 is 23.2 Å². The van der Waals surface area contributed by atoms with Gasteiger partial charge in [-0.05, 0) is 41.4 Å². The van der Waals surface area contributed by atoms with Crippen LogP contribution in [0.25, 0.3) is 16.8 Å². The van der Waals surface area contributed by atoms with Gasteiger partial charge in [0.05, 0.1) is 0 Å². The van der Waals surface area contributed by atoms with E-state index in [2.05, 4.69) is 15.3 Å². The summed E-state index contributed by atoms with van der Waals surface area (Å²) in [6.45, 7) is 0. The van der Waals surface area contributed by atoms with Crippen LogP contribution in [-0.2, 0) is 0 Å². The molecule has 0 unspecified atom stereocenters. The Kier molecular flexibility index (Phi) is 3.98. The topological polar surface area (TPSA) is 95.4 Å². The van der Waals surface area contributed by atoms with E-state index in [1.165, 1.54) is 4.52 Å². The summed E-state index contributed by atoms with van der Waals surface area (Å²) in [5.74, 6) is 0.324. The first-order chi connectivity index (χ1) is 12.6. The highest BCUT2D eigenvalue weighted by Crippen LogP contribution is 2.33. The summed E-state index contributed by atoms with van der Waals surface area (Å²) in [6.07, 6.45) is 0. The molecule has 1 amide bonds. The average Bonchev–Trinajstić information content (AvgIpc) is 3.03. The van der Waals surface area contributed by atoms with Gasteiger partial charge < -0.3 is 10.5 Å². The van der Waals surface area contributed by atoms with E-state index in [0.717, 1.165) is 11.1 Å². The number of carbonyl (C=O) groups excluding carboxylic acids is 1. The first-order valence-electron chi connectivity index (χ1n) is 7.67. The lowest BCUT2D eigenvalue weighted by Gasteiger charge is -2.12. The Morgan fingerprint density at radius 3 is 2.62 bits per heavy atom. The predicted octanol–water partition coefficient (Wildman–Crippen LogP) is 3.34. The van der Waals surface area contributed by atoms with E-state index in [1.807, 2.05) is 30.3 Å². The number of benzene rings is 2. The average molecular weight is 366 g/mol. The molecule has 4 rings (SSSR count). The zero-order valence-corrected chi connectivity index (χ0v) is 14.1. The number of ether oxygens (including phenoxy) is 1. The van der Waals surface area contributed by atoms with Crippen LogP contribution in [0.3, 0.4) is 0 Å². The third-order valence-corrected chi connectivity index (χ3v) is 4.00. The molecule has 0 aliphatic rings. The quantitative estimate of drug-likeness (QED) is 0.598. The Balaban J connectivity index is 1.79. The number of fused-ring (bicyclic) bond motifs is 1. The van der Waals surface area contributed by atoms with Crippen LogP contribution in [0.1, 0.15) is 10.4 Å². The van der Waals surface area contributed by atoms with Gasteiger partial charge in [-0.2, -0.15) is 4.52 Å². The third-order valence-electron chi connectivity index (χ3n) is 3.76. The maximum Gasteiger partial charge on any atom is 0.248 e. The van der Waals surface area contributed by atoms with Crippen LogP contribution in [0, 0.1) is 0 Å². The molecule has 7 nitrogen and oxygen atoms in total. The summed E-state index contributed by atoms with van der Waals surface area (Å²) in [5, 5.41) is 12.0. The van der Waals surface area contributed by atoms with E-state index >= 15 is 0 Å². The van der Waals surface area contributed by atoms with Crippen molar-refractivity contribution in [2.24, 2.45) is 5.73 Å². The van der Waals surface area contributed by atoms with E-state index in [-0.39, 0.29) is 5.28 Å². The first kappa shape index (κ1) is 16.0. The summed E-state index contributed by atoms with van der Waals surface area (Å²) in [4.78, 5) is 11.5. The molecule has 0 radical (unpaired) electrons. The molecule has 2 heterocycles. The highest BCUT2D eigenvalue weighted by molar-refractivity contribution is 6.28. The molecule has 2 N–H and O–H groups in total. The monoisotopic (exact) mass is 365 g/mol. The van der Waals surface area contributed by atoms with Crippen LogP contribution in [-0.4, -0.2) is 25.7 Å². The van der Waals surface area contributed by atoms with Gasteiger partial charge in [0, 0.05) is 17.2 Å². The number of rotatable bonds is 4. The number of primary amides is 1. The number of carbonyl (C=O) groups is 1. The smallest absolute Gasteiger partial charge is 0.248 e. The molecular weight excluding hydrogens is 354 g/mol. The Morgan fingerprint density at radius 1 is 1.04 bits per heavy atom. The Morgan fingerprint density at radius 2 is 1.85 bits per heavy atom. The number of nitrogens with two attached hydrogens (primary N) is 1. The van der Waals surface area contributed by atoms with Gasteiger partial charge in [-0.1, -0.05) is 30.3 Å². The summed E-state index contributed by atoms with van der Waals surface area (Å²) in [7, 11) is 0. The largest absolute Gasteiger partial charge is 0.437 e. The molecule has 2 aromatic carbocycles. The molecule has 0 fully saturated rings. The minimum absolute atomic E-state index is 0.137. The zero-order chi connectivity index (χ0) is 18.1. The van der Waals surface area contributed by atoms with Gasteiger partial charge in [-0.15, -0.1) is 15.3 Å². The van der Waals surface area contributed by atoms with E-state index < -0.39 is 5.91 Å². The molecule has 2 aromatic heterocycles. The van der Waals surface area contributed by atoms with Crippen LogP contribution in [0.15, 0.2) is 60.7 Å². The maximum absolute atomic E-state index is 11.5. The first-order valence-corrected chi connectivity index (χ1v) is 8.05.